The smallest absolute Gasteiger partial charge is 0.322 e. The Balaban J connectivity index is 2.06. The predicted molar refractivity (Wildman–Crippen MR) is 82.0 cm³/mol. The molecule has 2 N–H and O–H groups in total. The lowest BCUT2D eigenvalue weighted by atomic mass is 10.2. The van der Waals surface area contributed by atoms with E-state index in [1.165, 1.54) is 29.0 Å². The summed E-state index contributed by atoms with van der Waals surface area (Å²) in [7, 11) is -4.32. The average Bonchev–Trinajstić information content (AvgIpc) is 2.53. The highest BCUT2D eigenvalue weighted by Gasteiger charge is 2.30. The van der Waals surface area contributed by atoms with Gasteiger partial charge in [-0.05, 0) is 48.5 Å². The second kappa shape index (κ2) is 7.19. The SMILES string of the molecule is O=C(Nc1ccc(S(=O)(=O)NCC(F)(F)F)cc1)c1ccc(F)cc1. The van der Waals surface area contributed by atoms with Crippen molar-refractivity contribution in [3.8, 4) is 0 Å². The van der Waals surface area contributed by atoms with Crippen LogP contribution in [0.3, 0.4) is 0 Å². The van der Waals surface area contributed by atoms with E-state index in [2.05, 4.69) is 5.32 Å². The molecule has 0 bridgehead atoms. The van der Waals surface area contributed by atoms with E-state index in [4.69, 9.17) is 0 Å². The zero-order valence-corrected chi connectivity index (χ0v) is 13.3. The fraction of sp³-hybridized carbons (Fsp3) is 0.133. The second-order valence-electron chi connectivity index (χ2n) is 4.93. The monoisotopic (exact) mass is 376 g/mol. The first-order chi connectivity index (χ1) is 11.6. The molecule has 0 atom stereocenters. The van der Waals surface area contributed by atoms with Crippen LogP contribution in [0.25, 0.3) is 0 Å². The van der Waals surface area contributed by atoms with Gasteiger partial charge in [-0.15, -0.1) is 0 Å². The zero-order chi connectivity index (χ0) is 18.7. The van der Waals surface area contributed by atoms with Gasteiger partial charge in [-0.2, -0.15) is 13.2 Å². The van der Waals surface area contributed by atoms with E-state index in [-0.39, 0.29) is 16.1 Å². The van der Waals surface area contributed by atoms with Crippen LogP contribution in [-0.2, 0) is 10.0 Å². The lowest BCUT2D eigenvalue weighted by Crippen LogP contribution is -2.33. The minimum Gasteiger partial charge on any atom is -0.322 e. The summed E-state index contributed by atoms with van der Waals surface area (Å²) in [6, 6.07) is 9.31. The van der Waals surface area contributed by atoms with E-state index in [1.807, 2.05) is 0 Å². The summed E-state index contributed by atoms with van der Waals surface area (Å²) < 4.78 is 74.0. The average molecular weight is 376 g/mol. The molecule has 0 radical (unpaired) electrons. The highest BCUT2D eigenvalue weighted by molar-refractivity contribution is 7.89. The molecule has 0 heterocycles. The maximum Gasteiger partial charge on any atom is 0.402 e. The summed E-state index contributed by atoms with van der Waals surface area (Å²) in [5.41, 5.74) is 0.411. The van der Waals surface area contributed by atoms with E-state index < -0.39 is 34.5 Å². The molecule has 0 saturated heterocycles. The standard InChI is InChI=1S/C15H12F4N2O3S/c16-11-3-1-10(2-4-11)14(22)21-12-5-7-13(8-6-12)25(23,24)20-9-15(17,18)19/h1-8,20H,9H2,(H,21,22). The first kappa shape index (κ1) is 18.9. The highest BCUT2D eigenvalue weighted by atomic mass is 32.2. The Kier molecular flexibility index (Phi) is 5.43. The van der Waals surface area contributed by atoms with Crippen LogP contribution in [0.15, 0.2) is 53.4 Å². The Labute approximate surface area is 140 Å². The lowest BCUT2D eigenvalue weighted by Gasteiger charge is -2.10. The Morgan fingerprint density at radius 3 is 2.04 bits per heavy atom. The van der Waals surface area contributed by atoms with Gasteiger partial charge < -0.3 is 5.32 Å². The number of carbonyl (C=O) groups is 1. The van der Waals surface area contributed by atoms with Gasteiger partial charge in [-0.25, -0.2) is 17.5 Å². The van der Waals surface area contributed by atoms with Gasteiger partial charge in [-0.3, -0.25) is 4.79 Å². The summed E-state index contributed by atoms with van der Waals surface area (Å²) >= 11 is 0. The first-order valence-corrected chi connectivity index (χ1v) is 8.28. The molecule has 0 unspecified atom stereocenters. The number of halogens is 4. The van der Waals surface area contributed by atoms with Gasteiger partial charge in [0, 0.05) is 11.3 Å². The number of carbonyl (C=O) groups excluding carboxylic acids is 1. The Hall–Kier alpha value is -2.46. The summed E-state index contributed by atoms with van der Waals surface area (Å²) in [5, 5.41) is 2.46. The molecule has 0 aromatic heterocycles. The minimum atomic E-state index is -4.67. The van der Waals surface area contributed by atoms with E-state index in [0.29, 0.717) is 0 Å². The van der Waals surface area contributed by atoms with Crippen LogP contribution in [0.1, 0.15) is 10.4 Å². The molecule has 25 heavy (non-hydrogen) atoms. The zero-order valence-electron chi connectivity index (χ0n) is 12.5. The highest BCUT2D eigenvalue weighted by Crippen LogP contribution is 2.17. The van der Waals surface area contributed by atoms with E-state index in [0.717, 1.165) is 24.3 Å². The van der Waals surface area contributed by atoms with Crippen molar-refractivity contribution < 1.29 is 30.8 Å². The lowest BCUT2D eigenvalue weighted by molar-refractivity contribution is -0.121. The van der Waals surface area contributed by atoms with Gasteiger partial charge in [0.2, 0.25) is 10.0 Å². The molecule has 2 rings (SSSR count). The molecule has 0 saturated carbocycles. The molecule has 0 aliphatic carbocycles. The van der Waals surface area contributed by atoms with Crippen molar-refractivity contribution in [2.45, 2.75) is 11.1 Å². The molecule has 0 spiro atoms. The van der Waals surface area contributed by atoms with Crippen LogP contribution in [0.2, 0.25) is 0 Å². The van der Waals surface area contributed by atoms with Crippen LogP contribution in [-0.4, -0.2) is 27.0 Å². The number of alkyl halides is 3. The minimum absolute atomic E-state index is 0.185. The number of amides is 1. The largest absolute Gasteiger partial charge is 0.402 e. The molecule has 1 amide bonds. The van der Waals surface area contributed by atoms with E-state index in [9.17, 15) is 30.8 Å². The van der Waals surface area contributed by atoms with Gasteiger partial charge in [0.25, 0.3) is 5.91 Å². The van der Waals surface area contributed by atoms with Crippen molar-refractivity contribution in [1.29, 1.82) is 0 Å². The number of nitrogens with one attached hydrogen (secondary N) is 2. The molecule has 5 nitrogen and oxygen atoms in total. The van der Waals surface area contributed by atoms with Gasteiger partial charge >= 0.3 is 6.18 Å². The van der Waals surface area contributed by atoms with Gasteiger partial charge in [-0.1, -0.05) is 0 Å². The molecule has 2 aromatic rings. The quantitative estimate of drug-likeness (QED) is 0.788. The number of anilines is 1. The first-order valence-electron chi connectivity index (χ1n) is 6.80. The van der Waals surface area contributed by atoms with Crippen molar-refractivity contribution in [2.24, 2.45) is 0 Å². The third-order valence-electron chi connectivity index (χ3n) is 2.99. The Morgan fingerprint density at radius 2 is 1.52 bits per heavy atom. The van der Waals surface area contributed by atoms with Gasteiger partial charge in [0.15, 0.2) is 0 Å². The number of hydrogen-bond donors (Lipinski definition) is 2. The molecule has 10 heteroatoms. The number of sulfonamides is 1. The fourth-order valence-electron chi connectivity index (χ4n) is 1.78. The maximum atomic E-state index is 12.8. The molecule has 2 aromatic carbocycles. The topological polar surface area (TPSA) is 75.3 Å². The molecule has 0 aliphatic heterocycles. The Bertz CT molecular complexity index is 848. The Morgan fingerprint density at radius 1 is 0.960 bits per heavy atom. The summed E-state index contributed by atoms with van der Waals surface area (Å²) in [4.78, 5) is 11.6. The van der Waals surface area contributed by atoms with Crippen molar-refractivity contribution >= 4 is 21.6 Å². The number of rotatable bonds is 5. The molecule has 134 valence electrons. The summed E-state index contributed by atoms with van der Waals surface area (Å²) in [5.74, 6) is -1.05. The third kappa shape index (κ3) is 5.54. The van der Waals surface area contributed by atoms with Gasteiger partial charge in [0.05, 0.1) is 4.90 Å². The van der Waals surface area contributed by atoms with Crippen molar-refractivity contribution in [2.75, 3.05) is 11.9 Å². The van der Waals surface area contributed by atoms with Crippen molar-refractivity contribution in [1.82, 2.24) is 4.72 Å². The molecule has 0 aliphatic rings. The second-order valence-corrected chi connectivity index (χ2v) is 6.69. The van der Waals surface area contributed by atoms with Crippen molar-refractivity contribution in [3.63, 3.8) is 0 Å². The predicted octanol–water partition coefficient (Wildman–Crippen LogP) is 2.92. The fourth-order valence-corrected chi connectivity index (χ4v) is 2.80. The third-order valence-corrected chi connectivity index (χ3v) is 4.41. The van der Waals surface area contributed by atoms with Crippen molar-refractivity contribution in [3.05, 3.63) is 59.9 Å². The van der Waals surface area contributed by atoms with E-state index >= 15 is 0 Å². The van der Waals surface area contributed by atoms with Crippen LogP contribution in [0.5, 0.6) is 0 Å². The van der Waals surface area contributed by atoms with Crippen LogP contribution < -0.4 is 10.0 Å². The van der Waals surface area contributed by atoms with Crippen LogP contribution in [0.4, 0.5) is 23.2 Å². The molecule has 0 fully saturated rings. The van der Waals surface area contributed by atoms with E-state index in [1.54, 1.807) is 0 Å². The molecular weight excluding hydrogens is 364 g/mol. The summed E-state index contributed by atoms with van der Waals surface area (Å²) in [6.07, 6.45) is -4.67. The van der Waals surface area contributed by atoms with Crippen LogP contribution in [0, 0.1) is 5.82 Å². The number of benzene rings is 2. The normalized spacial score (nSPS) is 12.0. The molecular formula is C15H12F4N2O3S. The summed E-state index contributed by atoms with van der Waals surface area (Å²) in [6.45, 7) is -1.68. The number of hydrogen-bond acceptors (Lipinski definition) is 3. The maximum absolute atomic E-state index is 12.8. The van der Waals surface area contributed by atoms with Crippen LogP contribution >= 0.6 is 0 Å². The van der Waals surface area contributed by atoms with Gasteiger partial charge in [0.1, 0.15) is 12.4 Å².